The first kappa shape index (κ1) is 11.8. The van der Waals surface area contributed by atoms with E-state index in [1.807, 2.05) is 12.2 Å². The zero-order valence-corrected chi connectivity index (χ0v) is 11.8. The van der Waals surface area contributed by atoms with E-state index in [1.54, 1.807) is 0 Å². The first-order valence-electron chi connectivity index (χ1n) is 6.89. The third kappa shape index (κ3) is 0.869. The Labute approximate surface area is 121 Å². The van der Waals surface area contributed by atoms with Gasteiger partial charge >= 0.3 is 22.8 Å². The molecule has 10 nitrogen and oxygen atoms in total. The van der Waals surface area contributed by atoms with E-state index in [-0.39, 0.29) is 6.54 Å². The second kappa shape index (κ2) is 3.03. The van der Waals surface area contributed by atoms with Gasteiger partial charge in [0.1, 0.15) is 11.6 Å². The number of rotatable bonds is 0. The van der Waals surface area contributed by atoms with Crippen molar-refractivity contribution >= 4 is 0 Å². The molecule has 0 saturated carbocycles. The Balaban J connectivity index is 1.92. The average molecular weight is 304 g/mol. The predicted octanol–water partition coefficient (Wildman–Crippen LogP) is -2.91. The Morgan fingerprint density at radius 3 is 2.32 bits per heavy atom. The van der Waals surface area contributed by atoms with Crippen LogP contribution in [0.25, 0.3) is 0 Å². The largest absolute Gasteiger partial charge is 0.347 e. The van der Waals surface area contributed by atoms with Crippen molar-refractivity contribution in [2.45, 2.75) is 24.2 Å². The molecule has 10 heteroatoms. The van der Waals surface area contributed by atoms with Crippen LogP contribution in [0.2, 0.25) is 0 Å². The van der Waals surface area contributed by atoms with E-state index < -0.39 is 40.4 Å². The third-order valence-corrected chi connectivity index (χ3v) is 5.18. The molecule has 0 saturated heterocycles. The molecular formula is C12H12N6O4. The van der Waals surface area contributed by atoms with Gasteiger partial charge in [-0.3, -0.25) is 0 Å². The number of nitrogens with zero attached hydrogens (tertiary/aromatic N) is 6. The van der Waals surface area contributed by atoms with Crippen molar-refractivity contribution in [3.8, 4) is 0 Å². The molecule has 5 rings (SSSR count). The molecule has 2 aromatic rings. The SMILES string of the molecule is Cn1c(=O)n2n(c1=O)[C@@H]1[C@H]3C=C[C@@]1(C2)n1c(=O)n(C)c(=O)n13. The molecule has 0 aromatic carbocycles. The summed E-state index contributed by atoms with van der Waals surface area (Å²) in [4.78, 5) is 49.2. The first-order valence-corrected chi connectivity index (χ1v) is 6.89. The zero-order valence-electron chi connectivity index (χ0n) is 11.8. The maximum absolute atomic E-state index is 12.4. The van der Waals surface area contributed by atoms with Gasteiger partial charge in [-0.2, -0.15) is 0 Å². The van der Waals surface area contributed by atoms with Gasteiger partial charge in [-0.05, 0) is 0 Å². The lowest BCUT2D eigenvalue weighted by atomic mass is 9.95. The Morgan fingerprint density at radius 2 is 1.59 bits per heavy atom. The molecule has 0 radical (unpaired) electrons. The van der Waals surface area contributed by atoms with E-state index in [1.165, 1.54) is 32.8 Å². The Kier molecular flexibility index (Phi) is 1.63. The summed E-state index contributed by atoms with van der Waals surface area (Å²) >= 11 is 0. The molecule has 0 N–H and O–H groups in total. The molecule has 22 heavy (non-hydrogen) atoms. The molecule has 1 aliphatic carbocycles. The van der Waals surface area contributed by atoms with Crippen LogP contribution in [0, 0.1) is 0 Å². The minimum absolute atomic E-state index is 0.170. The minimum atomic E-state index is -0.852. The highest BCUT2D eigenvalue weighted by molar-refractivity contribution is 5.28. The molecule has 0 fully saturated rings. The average Bonchev–Trinajstić information content (AvgIpc) is 3.19. The van der Waals surface area contributed by atoms with E-state index in [2.05, 4.69) is 0 Å². The molecule has 2 aliphatic heterocycles. The van der Waals surface area contributed by atoms with Gasteiger partial charge in [-0.1, -0.05) is 12.2 Å². The van der Waals surface area contributed by atoms with Gasteiger partial charge in [0.2, 0.25) is 0 Å². The summed E-state index contributed by atoms with van der Waals surface area (Å²) in [5.41, 5.74) is -2.54. The Morgan fingerprint density at radius 1 is 0.955 bits per heavy atom. The van der Waals surface area contributed by atoms with Crippen LogP contribution in [0.15, 0.2) is 31.3 Å². The van der Waals surface area contributed by atoms with Crippen LogP contribution in [-0.2, 0) is 26.2 Å². The highest BCUT2D eigenvalue weighted by atomic mass is 16.2. The van der Waals surface area contributed by atoms with Crippen LogP contribution in [0.4, 0.5) is 0 Å². The Hall–Kier alpha value is -2.78. The van der Waals surface area contributed by atoms with Crippen LogP contribution in [0.3, 0.4) is 0 Å². The smallest absolute Gasteiger partial charge is 0.246 e. The van der Waals surface area contributed by atoms with Gasteiger partial charge in [-0.15, -0.1) is 0 Å². The maximum Gasteiger partial charge on any atom is 0.347 e. The van der Waals surface area contributed by atoms with Gasteiger partial charge in [0.05, 0.1) is 12.6 Å². The van der Waals surface area contributed by atoms with Crippen molar-refractivity contribution in [3.63, 3.8) is 0 Å². The van der Waals surface area contributed by atoms with Gasteiger partial charge in [-0.25, -0.2) is 47.0 Å². The van der Waals surface area contributed by atoms with E-state index in [4.69, 9.17) is 0 Å². The second-order valence-electron chi connectivity index (χ2n) is 6.09. The van der Waals surface area contributed by atoms with E-state index in [0.717, 1.165) is 9.13 Å². The lowest BCUT2D eigenvalue weighted by Gasteiger charge is -2.22. The van der Waals surface area contributed by atoms with E-state index >= 15 is 0 Å². The van der Waals surface area contributed by atoms with Gasteiger partial charge in [0.15, 0.2) is 0 Å². The van der Waals surface area contributed by atoms with Gasteiger partial charge in [0, 0.05) is 14.1 Å². The number of aromatic nitrogens is 6. The minimum Gasteiger partial charge on any atom is -0.246 e. The summed E-state index contributed by atoms with van der Waals surface area (Å²) in [7, 11) is 2.85. The van der Waals surface area contributed by atoms with Crippen LogP contribution in [0.5, 0.6) is 0 Å². The van der Waals surface area contributed by atoms with E-state index in [0.29, 0.717) is 0 Å². The van der Waals surface area contributed by atoms with Crippen LogP contribution < -0.4 is 22.8 Å². The maximum atomic E-state index is 12.4. The normalized spacial score (nSPS) is 29.9. The fourth-order valence-electron chi connectivity index (χ4n) is 4.20. The fourth-order valence-corrected chi connectivity index (χ4v) is 4.20. The highest BCUT2D eigenvalue weighted by Gasteiger charge is 2.62. The molecule has 3 atom stereocenters. The standard InChI is InChI=1S/C12H12N6O4/c1-13-8(19)15-5-12-4-3-6(7(12)17(15)10(13)21)16-9(20)14(2)11(22)18(12)16/h3-4,6-7H,5H2,1-2H3/t6-,7-,12+/m1/s1. The summed E-state index contributed by atoms with van der Waals surface area (Å²) < 4.78 is 7.61. The molecule has 2 bridgehead atoms. The number of fused-ring (bicyclic) bond motifs is 3. The van der Waals surface area contributed by atoms with Crippen molar-refractivity contribution in [2.24, 2.45) is 14.1 Å². The van der Waals surface area contributed by atoms with Crippen LogP contribution >= 0.6 is 0 Å². The van der Waals surface area contributed by atoms with Crippen molar-refractivity contribution in [3.05, 3.63) is 54.1 Å². The predicted molar refractivity (Wildman–Crippen MR) is 73.1 cm³/mol. The first-order chi connectivity index (χ1) is 10.4. The molecule has 4 heterocycles. The summed E-state index contributed by atoms with van der Waals surface area (Å²) in [5, 5.41) is 0. The quantitative estimate of drug-likeness (QED) is 0.487. The van der Waals surface area contributed by atoms with Gasteiger partial charge in [0.25, 0.3) is 0 Å². The third-order valence-electron chi connectivity index (χ3n) is 5.18. The van der Waals surface area contributed by atoms with Crippen molar-refractivity contribution in [2.75, 3.05) is 0 Å². The van der Waals surface area contributed by atoms with Crippen molar-refractivity contribution in [1.82, 2.24) is 27.9 Å². The second-order valence-corrected chi connectivity index (χ2v) is 6.09. The molecule has 0 amide bonds. The molecule has 2 aromatic heterocycles. The monoisotopic (exact) mass is 304 g/mol. The van der Waals surface area contributed by atoms with Crippen LogP contribution in [0.1, 0.15) is 12.1 Å². The molecule has 114 valence electrons. The zero-order chi connectivity index (χ0) is 15.5. The number of hydrogen-bond acceptors (Lipinski definition) is 4. The van der Waals surface area contributed by atoms with Crippen molar-refractivity contribution in [1.29, 1.82) is 0 Å². The van der Waals surface area contributed by atoms with Crippen molar-refractivity contribution < 1.29 is 0 Å². The molecule has 0 unspecified atom stereocenters. The molecular weight excluding hydrogens is 292 g/mol. The van der Waals surface area contributed by atoms with E-state index in [9.17, 15) is 19.2 Å². The number of allylic oxidation sites excluding steroid dienone is 2. The summed E-state index contributed by atoms with van der Waals surface area (Å²) in [6.45, 7) is 0.170. The lowest BCUT2D eigenvalue weighted by molar-refractivity contribution is 0.306. The fraction of sp³-hybridized carbons (Fsp3) is 0.500. The van der Waals surface area contributed by atoms with Crippen LogP contribution in [-0.4, -0.2) is 27.9 Å². The molecule has 0 spiro atoms. The Bertz CT molecular complexity index is 1130. The topological polar surface area (TPSA) is 97.9 Å². The summed E-state index contributed by atoms with van der Waals surface area (Å²) in [6.07, 6.45) is 3.67. The van der Waals surface area contributed by atoms with Gasteiger partial charge < -0.3 is 0 Å². The number of hydrogen-bond donors (Lipinski definition) is 0. The summed E-state index contributed by atoms with van der Waals surface area (Å²) in [6, 6.07) is -0.884. The molecule has 3 aliphatic rings. The highest BCUT2D eigenvalue weighted by Crippen LogP contribution is 2.53. The summed E-state index contributed by atoms with van der Waals surface area (Å²) in [5.74, 6) is 0. The lowest BCUT2D eigenvalue weighted by Crippen LogP contribution is -2.43.